The molecule has 0 spiro atoms. The number of nitrogens with zero attached hydrogens (tertiary/aromatic N) is 4. The monoisotopic (exact) mass is 403 g/mol. The summed E-state index contributed by atoms with van der Waals surface area (Å²) >= 11 is 0. The first-order valence-corrected chi connectivity index (χ1v) is 10.3. The summed E-state index contributed by atoms with van der Waals surface area (Å²) in [4.78, 5) is 14.2. The van der Waals surface area contributed by atoms with Gasteiger partial charge in [-0.25, -0.2) is 4.68 Å². The summed E-state index contributed by atoms with van der Waals surface area (Å²) in [5, 5.41) is 13.1. The smallest absolute Gasteiger partial charge is 0.248 e. The first-order valence-electron chi connectivity index (χ1n) is 10.3. The molecule has 0 unspecified atom stereocenters. The number of benzene rings is 2. The fourth-order valence-corrected chi connectivity index (χ4v) is 3.45. The Hall–Kier alpha value is -3.48. The number of H-pyrrole nitrogens is 1. The molecule has 30 heavy (non-hydrogen) atoms. The third-order valence-corrected chi connectivity index (χ3v) is 5.04. The van der Waals surface area contributed by atoms with Crippen molar-refractivity contribution in [3.63, 3.8) is 0 Å². The summed E-state index contributed by atoms with van der Waals surface area (Å²) in [6.45, 7) is 1.41. The maximum absolute atomic E-state index is 11.4. The van der Waals surface area contributed by atoms with Crippen LogP contribution in [0.4, 0.5) is 0 Å². The van der Waals surface area contributed by atoms with Crippen LogP contribution in [0.3, 0.4) is 0 Å². The van der Waals surface area contributed by atoms with Crippen LogP contribution in [0.15, 0.2) is 65.5 Å². The molecule has 0 amide bonds. The van der Waals surface area contributed by atoms with Gasteiger partial charge in [0.25, 0.3) is 0 Å². The lowest BCUT2D eigenvalue weighted by Crippen LogP contribution is -2.08. The molecule has 154 valence electrons. The fraction of sp³-hybridized carbons (Fsp3) is 0.304. The SMILES string of the molecule is O=c1ccc2cc(OCCCc3nnnn3CCCCc3ccccc3)ccc2[nH]1. The zero-order valence-corrected chi connectivity index (χ0v) is 16.8. The molecular formula is C23H25N5O2. The van der Waals surface area contributed by atoms with Crippen LogP contribution in [0.2, 0.25) is 0 Å². The van der Waals surface area contributed by atoms with Crippen molar-refractivity contribution in [3.05, 3.63) is 82.4 Å². The lowest BCUT2D eigenvalue weighted by Gasteiger charge is -2.08. The lowest BCUT2D eigenvalue weighted by molar-refractivity contribution is 0.309. The van der Waals surface area contributed by atoms with E-state index in [2.05, 4.69) is 44.8 Å². The van der Waals surface area contributed by atoms with Crippen LogP contribution in [0, 0.1) is 0 Å². The maximum atomic E-state index is 11.4. The predicted octanol–water partition coefficient (Wildman–Crippen LogP) is 3.55. The summed E-state index contributed by atoms with van der Waals surface area (Å²) in [6, 6.07) is 19.5. The topological polar surface area (TPSA) is 85.7 Å². The lowest BCUT2D eigenvalue weighted by atomic mass is 10.1. The van der Waals surface area contributed by atoms with Crippen molar-refractivity contribution < 1.29 is 4.74 Å². The Balaban J connectivity index is 1.21. The van der Waals surface area contributed by atoms with Gasteiger partial charge in [0.15, 0.2) is 5.82 Å². The minimum Gasteiger partial charge on any atom is -0.494 e. The number of tetrazole rings is 1. The molecule has 7 heteroatoms. The Bertz CT molecular complexity index is 1140. The molecule has 0 fully saturated rings. The highest BCUT2D eigenvalue weighted by atomic mass is 16.5. The highest BCUT2D eigenvalue weighted by molar-refractivity contribution is 5.79. The number of aromatic nitrogens is 5. The molecule has 0 aliphatic rings. The van der Waals surface area contributed by atoms with Crippen LogP contribution in [0.5, 0.6) is 5.75 Å². The number of hydrogen-bond acceptors (Lipinski definition) is 5. The van der Waals surface area contributed by atoms with Crippen molar-refractivity contribution >= 4 is 10.9 Å². The molecule has 4 aromatic rings. The van der Waals surface area contributed by atoms with E-state index in [1.54, 1.807) is 6.07 Å². The highest BCUT2D eigenvalue weighted by Crippen LogP contribution is 2.18. The molecular weight excluding hydrogens is 378 g/mol. The fourth-order valence-electron chi connectivity index (χ4n) is 3.45. The maximum Gasteiger partial charge on any atom is 0.248 e. The molecule has 0 atom stereocenters. The van der Waals surface area contributed by atoms with E-state index < -0.39 is 0 Å². The van der Waals surface area contributed by atoms with Crippen LogP contribution in [0.1, 0.15) is 30.7 Å². The first kappa shape index (κ1) is 19.8. The Morgan fingerprint density at radius 1 is 0.933 bits per heavy atom. The Morgan fingerprint density at radius 3 is 2.73 bits per heavy atom. The summed E-state index contributed by atoms with van der Waals surface area (Å²) in [5.41, 5.74) is 2.07. The molecule has 2 aromatic carbocycles. The number of pyridine rings is 1. The van der Waals surface area contributed by atoms with Crippen LogP contribution in [-0.2, 0) is 19.4 Å². The van der Waals surface area contributed by atoms with Crippen LogP contribution >= 0.6 is 0 Å². The Labute approximate surface area is 174 Å². The molecule has 0 radical (unpaired) electrons. The molecule has 0 saturated heterocycles. The number of unbranched alkanes of at least 4 members (excludes halogenated alkanes) is 1. The van der Waals surface area contributed by atoms with Gasteiger partial charge in [-0.2, -0.15) is 0 Å². The van der Waals surface area contributed by atoms with E-state index in [9.17, 15) is 4.79 Å². The van der Waals surface area contributed by atoms with Gasteiger partial charge < -0.3 is 9.72 Å². The normalized spacial score (nSPS) is 11.1. The molecule has 7 nitrogen and oxygen atoms in total. The molecule has 2 heterocycles. The van der Waals surface area contributed by atoms with Crippen molar-refractivity contribution in [1.29, 1.82) is 0 Å². The molecule has 0 aliphatic carbocycles. The minimum atomic E-state index is -0.103. The predicted molar refractivity (Wildman–Crippen MR) is 116 cm³/mol. The van der Waals surface area contributed by atoms with Crippen LogP contribution in [0.25, 0.3) is 10.9 Å². The van der Waals surface area contributed by atoms with Crippen molar-refractivity contribution in [1.82, 2.24) is 25.2 Å². The molecule has 1 N–H and O–H groups in total. The first-order chi connectivity index (χ1) is 14.8. The number of aryl methyl sites for hydroxylation is 3. The molecule has 0 bridgehead atoms. The average Bonchev–Trinajstić information content (AvgIpc) is 3.22. The number of aromatic amines is 1. The van der Waals surface area contributed by atoms with Gasteiger partial charge in [-0.3, -0.25) is 4.79 Å². The van der Waals surface area contributed by atoms with Gasteiger partial charge in [-0.05, 0) is 65.9 Å². The summed E-state index contributed by atoms with van der Waals surface area (Å²) in [5.74, 6) is 1.68. The molecule has 0 aliphatic heterocycles. The van der Waals surface area contributed by atoms with Crippen molar-refractivity contribution in [3.8, 4) is 5.75 Å². The standard InChI is InChI=1S/C23H25N5O2/c29-23-14-11-19-17-20(12-13-21(19)24-23)30-16-6-10-22-25-26-27-28(22)15-5-4-9-18-7-2-1-3-8-18/h1-3,7-8,11-14,17H,4-6,9-10,15-16H2,(H,24,29). The number of ether oxygens (including phenoxy) is 1. The number of nitrogens with one attached hydrogen (secondary N) is 1. The zero-order valence-electron chi connectivity index (χ0n) is 16.8. The van der Waals surface area contributed by atoms with Gasteiger partial charge >= 0.3 is 0 Å². The second kappa shape index (κ2) is 9.82. The zero-order chi connectivity index (χ0) is 20.6. The third-order valence-electron chi connectivity index (χ3n) is 5.04. The van der Waals surface area contributed by atoms with Gasteiger partial charge in [0, 0.05) is 29.9 Å². The van der Waals surface area contributed by atoms with Crippen molar-refractivity contribution in [2.75, 3.05) is 6.61 Å². The summed E-state index contributed by atoms with van der Waals surface area (Å²) in [6.07, 6.45) is 4.83. The number of fused-ring (bicyclic) bond motifs is 1. The second-order valence-electron chi connectivity index (χ2n) is 7.28. The summed E-state index contributed by atoms with van der Waals surface area (Å²) < 4.78 is 7.76. The largest absolute Gasteiger partial charge is 0.494 e. The van der Waals surface area contributed by atoms with E-state index >= 15 is 0 Å². The van der Waals surface area contributed by atoms with Gasteiger partial charge in [0.1, 0.15) is 5.75 Å². The van der Waals surface area contributed by atoms with E-state index in [1.807, 2.05) is 28.9 Å². The minimum absolute atomic E-state index is 0.103. The second-order valence-corrected chi connectivity index (χ2v) is 7.28. The average molecular weight is 403 g/mol. The molecule has 4 rings (SSSR count). The van der Waals surface area contributed by atoms with Crippen LogP contribution in [-0.4, -0.2) is 31.8 Å². The van der Waals surface area contributed by atoms with Gasteiger partial charge in [0.2, 0.25) is 5.56 Å². The molecule has 2 aromatic heterocycles. The van der Waals surface area contributed by atoms with Gasteiger partial charge in [0.05, 0.1) is 6.61 Å². The third kappa shape index (κ3) is 5.31. The van der Waals surface area contributed by atoms with Crippen LogP contribution < -0.4 is 10.3 Å². The van der Waals surface area contributed by atoms with E-state index in [4.69, 9.17) is 4.74 Å². The quantitative estimate of drug-likeness (QED) is 0.409. The van der Waals surface area contributed by atoms with E-state index in [0.717, 1.165) is 61.1 Å². The number of rotatable bonds is 10. The Kier molecular flexibility index (Phi) is 6.49. The van der Waals surface area contributed by atoms with Gasteiger partial charge in [-0.15, -0.1) is 5.10 Å². The molecule has 0 saturated carbocycles. The summed E-state index contributed by atoms with van der Waals surface area (Å²) in [7, 11) is 0. The van der Waals surface area contributed by atoms with Crippen molar-refractivity contribution in [2.24, 2.45) is 0 Å². The highest BCUT2D eigenvalue weighted by Gasteiger charge is 2.06. The van der Waals surface area contributed by atoms with Gasteiger partial charge in [-0.1, -0.05) is 30.3 Å². The van der Waals surface area contributed by atoms with E-state index in [1.165, 1.54) is 11.6 Å². The van der Waals surface area contributed by atoms with E-state index in [0.29, 0.717) is 6.61 Å². The Morgan fingerprint density at radius 2 is 1.83 bits per heavy atom. The van der Waals surface area contributed by atoms with E-state index in [-0.39, 0.29) is 5.56 Å². The number of hydrogen-bond donors (Lipinski definition) is 1. The van der Waals surface area contributed by atoms with Crippen molar-refractivity contribution in [2.45, 2.75) is 38.6 Å².